The van der Waals surface area contributed by atoms with E-state index < -0.39 is 17.7 Å². The van der Waals surface area contributed by atoms with Gasteiger partial charge in [0.2, 0.25) is 0 Å². The van der Waals surface area contributed by atoms with Crippen LogP contribution in [0.4, 0.5) is 13.2 Å². The summed E-state index contributed by atoms with van der Waals surface area (Å²) in [5.74, 6) is 0.197. The van der Waals surface area contributed by atoms with Gasteiger partial charge in [0.25, 0.3) is 0 Å². The monoisotopic (exact) mass is 422 g/mol. The second-order valence-corrected chi connectivity index (χ2v) is 8.02. The van der Waals surface area contributed by atoms with Crippen molar-refractivity contribution in [1.29, 1.82) is 0 Å². The minimum Gasteiger partial charge on any atom is -0.493 e. The lowest BCUT2D eigenvalue weighted by Crippen LogP contribution is -2.41. The molecule has 162 valence electrons. The van der Waals surface area contributed by atoms with Crippen molar-refractivity contribution in [2.45, 2.75) is 44.7 Å². The smallest absolute Gasteiger partial charge is 0.416 e. The maximum Gasteiger partial charge on any atom is 0.416 e. The van der Waals surface area contributed by atoms with Crippen LogP contribution in [-0.4, -0.2) is 24.3 Å². The van der Waals surface area contributed by atoms with E-state index in [1.807, 2.05) is 31.2 Å². The summed E-state index contributed by atoms with van der Waals surface area (Å²) in [6.07, 6.45) is -1.36. The van der Waals surface area contributed by atoms with Crippen LogP contribution in [0.15, 0.2) is 48.5 Å². The Kier molecular flexibility index (Phi) is 6.58. The lowest BCUT2D eigenvalue weighted by atomic mass is 9.70. The molecule has 0 aliphatic heterocycles. The fraction of sp³-hybridized carbons (Fsp3) is 0.435. The molecule has 4 nitrogen and oxygen atoms in total. The highest BCUT2D eigenvalue weighted by atomic mass is 19.4. The molecular weight excluding hydrogens is 397 g/mol. The molecule has 1 N–H and O–H groups in total. The summed E-state index contributed by atoms with van der Waals surface area (Å²) in [6.45, 7) is 2.70. The van der Waals surface area contributed by atoms with E-state index in [1.165, 1.54) is 12.1 Å². The fourth-order valence-electron chi connectivity index (χ4n) is 3.49. The highest BCUT2D eigenvalue weighted by Gasteiger charge is 2.39. The van der Waals surface area contributed by atoms with Gasteiger partial charge >= 0.3 is 12.1 Å². The zero-order valence-electron chi connectivity index (χ0n) is 16.7. The molecule has 0 spiro atoms. The largest absolute Gasteiger partial charge is 0.493 e. The molecule has 0 amide bonds. The number of benzene rings is 2. The predicted molar refractivity (Wildman–Crippen MR) is 106 cm³/mol. The van der Waals surface area contributed by atoms with E-state index >= 15 is 0 Å². The molecular formula is C23H25F3O4. The van der Waals surface area contributed by atoms with E-state index in [2.05, 4.69) is 0 Å². The summed E-state index contributed by atoms with van der Waals surface area (Å²) >= 11 is 0. The van der Waals surface area contributed by atoms with Crippen LogP contribution in [0.2, 0.25) is 0 Å². The minimum atomic E-state index is -4.36. The number of ether oxygens (including phenoxy) is 2. The Morgan fingerprint density at radius 3 is 1.90 bits per heavy atom. The van der Waals surface area contributed by atoms with Crippen molar-refractivity contribution in [3.8, 4) is 11.5 Å². The number of hydrogen-bond acceptors (Lipinski definition) is 3. The molecule has 1 aliphatic rings. The van der Waals surface area contributed by atoms with Gasteiger partial charge in [0, 0.05) is 5.41 Å². The molecule has 0 bridgehead atoms. The molecule has 7 heteroatoms. The van der Waals surface area contributed by atoms with Crippen LogP contribution in [0, 0.1) is 5.41 Å². The van der Waals surface area contributed by atoms with Gasteiger partial charge in [-0.25, -0.2) is 0 Å². The summed E-state index contributed by atoms with van der Waals surface area (Å²) in [4.78, 5) is 10.8. The number of halogens is 3. The summed E-state index contributed by atoms with van der Waals surface area (Å²) < 4.78 is 49.7. The molecule has 0 radical (unpaired) electrons. The Morgan fingerprint density at radius 1 is 1.00 bits per heavy atom. The molecule has 1 fully saturated rings. The van der Waals surface area contributed by atoms with Crippen LogP contribution in [-0.2, 0) is 11.0 Å². The Balaban J connectivity index is 1.53. The third-order valence-electron chi connectivity index (χ3n) is 5.62. The maximum atomic E-state index is 12.7. The van der Waals surface area contributed by atoms with E-state index in [0.29, 0.717) is 24.7 Å². The van der Waals surface area contributed by atoms with E-state index in [9.17, 15) is 18.0 Å². The Bertz CT molecular complexity index is 840. The van der Waals surface area contributed by atoms with E-state index in [-0.39, 0.29) is 17.8 Å². The highest BCUT2D eigenvalue weighted by molar-refractivity contribution is 5.68. The van der Waals surface area contributed by atoms with Crippen LogP contribution < -0.4 is 9.47 Å². The summed E-state index contributed by atoms with van der Waals surface area (Å²) in [7, 11) is 0. The zero-order chi connectivity index (χ0) is 21.8. The molecule has 0 aromatic heterocycles. The van der Waals surface area contributed by atoms with Gasteiger partial charge in [0.1, 0.15) is 11.5 Å². The lowest BCUT2D eigenvalue weighted by Gasteiger charge is -2.41. The van der Waals surface area contributed by atoms with Crippen LogP contribution in [0.3, 0.4) is 0 Å². The molecule has 1 aliphatic carbocycles. The van der Waals surface area contributed by atoms with Gasteiger partial charge < -0.3 is 14.6 Å². The van der Waals surface area contributed by atoms with E-state index in [1.54, 1.807) is 0 Å². The molecule has 30 heavy (non-hydrogen) atoms. The van der Waals surface area contributed by atoms with Crippen molar-refractivity contribution in [2.24, 2.45) is 5.41 Å². The average Bonchev–Trinajstić information content (AvgIpc) is 2.66. The van der Waals surface area contributed by atoms with Crippen LogP contribution >= 0.6 is 0 Å². The number of hydrogen-bond donors (Lipinski definition) is 1. The molecule has 0 heterocycles. The SMILES string of the molecule is CC(CC(=O)O)c1ccc(OCC2(COc3ccc(C(F)(F)F)cc3)CCC2)cc1. The van der Waals surface area contributed by atoms with Gasteiger partial charge in [-0.1, -0.05) is 25.5 Å². The highest BCUT2D eigenvalue weighted by Crippen LogP contribution is 2.42. The molecule has 1 saturated carbocycles. The number of rotatable bonds is 9. The Morgan fingerprint density at radius 2 is 1.50 bits per heavy atom. The van der Waals surface area contributed by atoms with Crippen molar-refractivity contribution < 1.29 is 32.5 Å². The van der Waals surface area contributed by atoms with Crippen LogP contribution in [0.1, 0.15) is 49.7 Å². The first-order valence-electron chi connectivity index (χ1n) is 9.92. The molecule has 2 aromatic rings. The topological polar surface area (TPSA) is 55.8 Å². The first-order valence-corrected chi connectivity index (χ1v) is 9.92. The van der Waals surface area contributed by atoms with Crippen molar-refractivity contribution >= 4 is 5.97 Å². The predicted octanol–water partition coefficient (Wildman–Crippen LogP) is 5.91. The second-order valence-electron chi connectivity index (χ2n) is 8.02. The molecule has 3 rings (SSSR count). The van der Waals surface area contributed by atoms with Gasteiger partial charge in [-0.05, 0) is 60.7 Å². The first kappa shape index (κ1) is 22.0. The maximum absolute atomic E-state index is 12.7. The summed E-state index contributed by atoms with van der Waals surface area (Å²) in [5.41, 5.74) is 0.0872. The standard InChI is InChI=1S/C23H25F3O4/c1-16(13-21(27)28)17-3-7-19(8-4-17)29-14-22(11-2-12-22)15-30-20-9-5-18(6-10-20)23(24,25)26/h3-10,16H,2,11-15H2,1H3,(H,27,28). The average molecular weight is 422 g/mol. The molecule has 1 unspecified atom stereocenters. The normalized spacial score (nSPS) is 16.4. The van der Waals surface area contributed by atoms with Crippen molar-refractivity contribution in [3.63, 3.8) is 0 Å². The quantitative estimate of drug-likeness (QED) is 0.546. The number of aliphatic carboxylic acids is 1. The van der Waals surface area contributed by atoms with Gasteiger partial charge in [0.05, 0.1) is 25.2 Å². The summed E-state index contributed by atoms with van der Waals surface area (Å²) in [6, 6.07) is 12.1. The molecule has 0 saturated heterocycles. The van der Waals surface area contributed by atoms with Gasteiger partial charge in [-0.3, -0.25) is 4.79 Å². The summed E-state index contributed by atoms with van der Waals surface area (Å²) in [5, 5.41) is 8.90. The van der Waals surface area contributed by atoms with Crippen molar-refractivity contribution in [1.82, 2.24) is 0 Å². The van der Waals surface area contributed by atoms with Crippen LogP contribution in [0.25, 0.3) is 0 Å². The van der Waals surface area contributed by atoms with Gasteiger partial charge in [0.15, 0.2) is 0 Å². The molecule has 1 atom stereocenters. The van der Waals surface area contributed by atoms with Crippen molar-refractivity contribution in [2.75, 3.05) is 13.2 Å². The van der Waals surface area contributed by atoms with Crippen molar-refractivity contribution in [3.05, 3.63) is 59.7 Å². The van der Waals surface area contributed by atoms with Crippen LogP contribution in [0.5, 0.6) is 11.5 Å². The lowest BCUT2D eigenvalue weighted by molar-refractivity contribution is -0.138. The third-order valence-corrected chi connectivity index (χ3v) is 5.62. The first-order chi connectivity index (χ1) is 14.2. The van der Waals surface area contributed by atoms with Gasteiger partial charge in [-0.2, -0.15) is 13.2 Å². The Labute approximate surface area is 173 Å². The minimum absolute atomic E-state index is 0.0740. The number of alkyl halides is 3. The molecule has 2 aromatic carbocycles. The second kappa shape index (κ2) is 8.98. The van der Waals surface area contributed by atoms with Gasteiger partial charge in [-0.15, -0.1) is 0 Å². The Hall–Kier alpha value is -2.70. The van der Waals surface area contributed by atoms with E-state index in [4.69, 9.17) is 14.6 Å². The number of carboxylic acids is 1. The number of carboxylic acid groups (broad SMARTS) is 1. The van der Waals surface area contributed by atoms with E-state index in [0.717, 1.165) is 37.0 Å². The zero-order valence-corrected chi connectivity index (χ0v) is 16.7. The fourth-order valence-corrected chi connectivity index (χ4v) is 3.49. The number of carbonyl (C=O) groups is 1. The third kappa shape index (κ3) is 5.68.